The highest BCUT2D eigenvalue weighted by atomic mass is 19.3. The van der Waals surface area contributed by atoms with Gasteiger partial charge in [-0.15, -0.1) is 0 Å². The molecular weight excluding hydrogens is 143 g/mol. The Kier molecular flexibility index (Phi) is 9.21. The van der Waals surface area contributed by atoms with Crippen molar-refractivity contribution >= 4 is 0 Å². The summed E-state index contributed by atoms with van der Waals surface area (Å²) < 4.78 is 52.6. The third kappa shape index (κ3) is 7.39. The summed E-state index contributed by atoms with van der Waals surface area (Å²) >= 11 is 0. The second-order valence-corrected chi connectivity index (χ2v) is 0.799. The molecule has 0 unspecified atom stereocenters. The second-order valence-electron chi connectivity index (χ2n) is 0.799. The lowest BCUT2D eigenvalue weighted by atomic mass is 10.6. The zero-order valence-corrected chi connectivity index (χ0v) is 4.60. The van der Waals surface area contributed by atoms with Crippen molar-refractivity contribution in [3.8, 4) is 0 Å². The highest BCUT2D eigenvalue weighted by Gasteiger charge is 2.00. The van der Waals surface area contributed by atoms with Crippen LogP contribution in [0.3, 0.4) is 0 Å². The van der Waals surface area contributed by atoms with Crippen LogP contribution in [-0.2, 0) is 0 Å². The summed E-state index contributed by atoms with van der Waals surface area (Å²) in [6.07, 6.45) is -2.58. The fourth-order valence-corrected chi connectivity index (χ4v) is 0.0505. The second kappa shape index (κ2) is 7.39. The van der Waals surface area contributed by atoms with Crippen molar-refractivity contribution in [3.63, 3.8) is 0 Å². The Morgan fingerprint density at radius 1 is 1.11 bits per heavy atom. The van der Waals surface area contributed by atoms with E-state index < -0.39 is 18.6 Å². The van der Waals surface area contributed by atoms with Gasteiger partial charge >= 0.3 is 6.08 Å². The van der Waals surface area contributed by atoms with Gasteiger partial charge in [-0.25, -0.2) is 8.78 Å². The van der Waals surface area contributed by atoms with E-state index in [1.807, 2.05) is 0 Å². The van der Waals surface area contributed by atoms with Crippen LogP contribution in [0.15, 0.2) is 11.9 Å². The number of alkyl halides is 2. The molecule has 0 aromatic carbocycles. The minimum Gasteiger partial charge on any atom is -0.255 e. The molecule has 0 saturated carbocycles. The first-order chi connectivity index (χ1) is 4.18. The van der Waals surface area contributed by atoms with E-state index in [1.54, 1.807) is 0 Å². The zero-order chi connectivity index (χ0) is 7.86. The molecule has 0 N–H and O–H groups in total. The van der Waals surface area contributed by atoms with Crippen LogP contribution < -0.4 is 0 Å². The van der Waals surface area contributed by atoms with E-state index in [4.69, 9.17) is 0 Å². The van der Waals surface area contributed by atoms with Crippen molar-refractivity contribution in [1.82, 2.24) is 0 Å². The van der Waals surface area contributed by atoms with E-state index in [-0.39, 0.29) is 0 Å². The molecule has 56 valence electrons. The van der Waals surface area contributed by atoms with Crippen LogP contribution >= 0.6 is 0 Å². The molecule has 0 heterocycles. The van der Waals surface area contributed by atoms with Crippen LogP contribution in [0.4, 0.5) is 22.0 Å². The summed E-state index contributed by atoms with van der Waals surface area (Å²) in [6.45, 7) is -1.72. The maximum absolute atomic E-state index is 11.0. The van der Waals surface area contributed by atoms with Gasteiger partial charge in [-0.3, -0.25) is 4.39 Å². The number of rotatable bonds is 1. The Balaban J connectivity index is 0. The molecule has 0 radical (unpaired) electrons. The largest absolute Gasteiger partial charge is 0.304 e. The molecule has 0 aliphatic rings. The van der Waals surface area contributed by atoms with Gasteiger partial charge in [0.1, 0.15) is 6.67 Å². The van der Waals surface area contributed by atoms with Crippen LogP contribution in [0.25, 0.3) is 0 Å². The molecule has 0 spiro atoms. The van der Waals surface area contributed by atoms with Crippen molar-refractivity contribution in [2.45, 2.75) is 0 Å². The van der Waals surface area contributed by atoms with Gasteiger partial charge in [0.25, 0.3) is 0 Å². The molecule has 9 heavy (non-hydrogen) atoms. The summed E-state index contributed by atoms with van der Waals surface area (Å²) in [4.78, 5) is 0. The fraction of sp³-hybridized carbons (Fsp3) is 0.500. The van der Waals surface area contributed by atoms with Gasteiger partial charge in [0, 0.05) is 0 Å². The predicted molar refractivity (Wildman–Crippen MR) is 23.4 cm³/mol. The Morgan fingerprint density at radius 2 is 1.44 bits per heavy atom. The van der Waals surface area contributed by atoms with Crippen LogP contribution in [0.2, 0.25) is 0 Å². The first-order valence-corrected chi connectivity index (χ1v) is 1.82. The molecule has 0 aromatic heterocycles. The van der Waals surface area contributed by atoms with Gasteiger partial charge in [0.15, 0.2) is 5.83 Å². The first-order valence-electron chi connectivity index (χ1n) is 1.82. The highest BCUT2D eigenvalue weighted by molar-refractivity contribution is 4.90. The van der Waals surface area contributed by atoms with E-state index in [0.717, 1.165) is 0 Å². The maximum Gasteiger partial charge on any atom is 0.304 e. The first kappa shape index (κ1) is 11.2. The van der Waals surface area contributed by atoms with Gasteiger partial charge in [0.05, 0.1) is 7.18 Å². The van der Waals surface area contributed by atoms with Gasteiger partial charge in [0.2, 0.25) is 0 Å². The van der Waals surface area contributed by atoms with E-state index in [2.05, 4.69) is 0 Å². The summed E-state index contributed by atoms with van der Waals surface area (Å²) in [5, 5.41) is 0. The minimum absolute atomic E-state index is 0.500. The quantitative estimate of drug-likeness (QED) is 0.501. The van der Waals surface area contributed by atoms with Crippen LogP contribution in [0.1, 0.15) is 0 Å². The molecule has 0 atom stereocenters. The highest BCUT2D eigenvalue weighted by Crippen LogP contribution is 2.07. The lowest BCUT2D eigenvalue weighted by Gasteiger charge is -1.79. The maximum atomic E-state index is 11.0. The monoisotopic (exact) mass is 148 g/mol. The summed E-state index contributed by atoms with van der Waals surface area (Å²) in [7, 11) is 0.500. The fourth-order valence-electron chi connectivity index (χ4n) is 0.0505. The SMILES string of the molecule is CF.FCC(F)=C(F)F. The van der Waals surface area contributed by atoms with Gasteiger partial charge in [-0.2, -0.15) is 8.78 Å². The lowest BCUT2D eigenvalue weighted by molar-refractivity contribution is 0.348. The number of allylic oxidation sites excluding steroid dienone is 1. The molecule has 0 aliphatic carbocycles. The Labute approximate surface area is 49.0 Å². The van der Waals surface area contributed by atoms with Crippen molar-refractivity contribution in [2.75, 3.05) is 13.9 Å². The average Bonchev–Trinajstić information content (AvgIpc) is 1.91. The summed E-state index contributed by atoms with van der Waals surface area (Å²) in [5.74, 6) is -1.99. The minimum atomic E-state index is -2.58. The van der Waals surface area contributed by atoms with E-state index >= 15 is 0 Å². The molecule has 0 aromatic rings. The summed E-state index contributed by atoms with van der Waals surface area (Å²) in [5.41, 5.74) is 0. The molecule has 0 nitrogen and oxygen atoms in total. The molecule has 0 rings (SSSR count). The Morgan fingerprint density at radius 3 is 1.44 bits per heavy atom. The molecule has 5 heteroatoms. The predicted octanol–water partition coefficient (Wildman–Crippen LogP) is 2.62. The molecule has 0 saturated heterocycles. The number of halogens is 5. The number of hydrogen-bond donors (Lipinski definition) is 0. The van der Waals surface area contributed by atoms with Crippen molar-refractivity contribution < 1.29 is 22.0 Å². The van der Waals surface area contributed by atoms with Crippen LogP contribution in [0.5, 0.6) is 0 Å². The average molecular weight is 148 g/mol. The molecule has 0 amide bonds. The molecule has 0 bridgehead atoms. The number of hydrogen-bond acceptors (Lipinski definition) is 0. The third-order valence-corrected chi connectivity index (χ3v) is 0.322. The van der Waals surface area contributed by atoms with E-state index in [1.165, 1.54) is 0 Å². The third-order valence-electron chi connectivity index (χ3n) is 0.322. The van der Waals surface area contributed by atoms with E-state index in [0.29, 0.717) is 7.18 Å². The Hall–Kier alpha value is -0.610. The topological polar surface area (TPSA) is 0 Å². The lowest BCUT2D eigenvalue weighted by Crippen LogP contribution is -1.74. The normalized spacial score (nSPS) is 7.33. The van der Waals surface area contributed by atoms with Crippen molar-refractivity contribution in [2.24, 2.45) is 0 Å². The standard InChI is InChI=1S/C3H2F4.CH3F/c4-1-2(5)3(6)7;1-2/h1H2;1H3. The van der Waals surface area contributed by atoms with Gasteiger partial charge in [-0.05, 0) is 0 Å². The molecular formula is C4H5F5. The zero-order valence-electron chi connectivity index (χ0n) is 4.60. The van der Waals surface area contributed by atoms with Gasteiger partial charge < -0.3 is 0 Å². The smallest absolute Gasteiger partial charge is 0.255 e. The van der Waals surface area contributed by atoms with Gasteiger partial charge in [-0.1, -0.05) is 0 Å². The van der Waals surface area contributed by atoms with Crippen LogP contribution in [-0.4, -0.2) is 13.9 Å². The molecule has 0 fully saturated rings. The summed E-state index contributed by atoms with van der Waals surface area (Å²) in [6, 6.07) is 0. The van der Waals surface area contributed by atoms with Crippen molar-refractivity contribution in [1.29, 1.82) is 0 Å². The Bertz CT molecular complexity index is 83.0. The van der Waals surface area contributed by atoms with Crippen LogP contribution in [0, 0.1) is 0 Å². The van der Waals surface area contributed by atoms with Crippen molar-refractivity contribution in [3.05, 3.63) is 11.9 Å². The van der Waals surface area contributed by atoms with E-state index in [9.17, 15) is 22.0 Å². The molecule has 0 aliphatic heterocycles.